The van der Waals surface area contributed by atoms with E-state index in [4.69, 9.17) is 4.74 Å². The largest absolute Gasteiger partial charge is 0.463 e. The minimum atomic E-state index is -1.53. The summed E-state index contributed by atoms with van der Waals surface area (Å²) in [5.74, 6) is -0.805. The highest BCUT2D eigenvalue weighted by Crippen LogP contribution is 1.93. The van der Waals surface area contributed by atoms with E-state index in [-0.39, 0.29) is 6.61 Å². The Labute approximate surface area is 65.5 Å². The van der Waals surface area contributed by atoms with Crippen molar-refractivity contribution >= 4 is 5.97 Å². The Morgan fingerprint density at radius 1 is 1.55 bits per heavy atom. The topological polar surface area (TPSA) is 35.5 Å². The molecule has 0 aliphatic carbocycles. The lowest BCUT2D eigenvalue weighted by molar-refractivity contribution is -0.149. The third-order valence-electron chi connectivity index (χ3n) is 1.06. The van der Waals surface area contributed by atoms with Crippen LogP contribution in [0.1, 0.15) is 13.3 Å². The molecule has 0 aliphatic heterocycles. The highest BCUT2D eigenvalue weighted by Gasteiger charge is 2.10. The lowest BCUT2D eigenvalue weighted by Crippen LogP contribution is -2.16. The molecule has 3 nitrogen and oxygen atoms in total. The van der Waals surface area contributed by atoms with Crippen LogP contribution in [0, 0.1) is 0 Å². The molecule has 0 saturated carbocycles. The maximum absolute atomic E-state index is 12.1. The Morgan fingerprint density at radius 3 is 2.64 bits per heavy atom. The van der Waals surface area contributed by atoms with Crippen LogP contribution in [0.15, 0.2) is 0 Å². The van der Waals surface area contributed by atoms with E-state index in [9.17, 15) is 9.18 Å². The summed E-state index contributed by atoms with van der Waals surface area (Å²) in [6.07, 6.45) is -0.924. The number of hydrogen-bond acceptors (Lipinski definition) is 3. The van der Waals surface area contributed by atoms with Crippen molar-refractivity contribution in [3.05, 3.63) is 0 Å². The molecule has 0 fully saturated rings. The zero-order valence-electron chi connectivity index (χ0n) is 6.80. The van der Waals surface area contributed by atoms with Gasteiger partial charge in [0, 0.05) is 20.1 Å². The second-order valence-electron chi connectivity index (χ2n) is 2.13. The van der Waals surface area contributed by atoms with E-state index in [2.05, 4.69) is 4.74 Å². The zero-order chi connectivity index (χ0) is 8.69. The van der Waals surface area contributed by atoms with Gasteiger partial charge in [0.25, 0.3) is 0 Å². The third kappa shape index (κ3) is 5.79. The molecule has 0 aromatic carbocycles. The van der Waals surface area contributed by atoms with Gasteiger partial charge in [-0.15, -0.1) is 0 Å². The first kappa shape index (κ1) is 10.4. The van der Waals surface area contributed by atoms with Crippen LogP contribution in [-0.2, 0) is 14.3 Å². The molecule has 0 bridgehead atoms. The normalized spacial score (nSPS) is 12.6. The van der Waals surface area contributed by atoms with Gasteiger partial charge in [-0.2, -0.15) is 0 Å². The van der Waals surface area contributed by atoms with Crippen molar-refractivity contribution in [2.45, 2.75) is 19.5 Å². The summed E-state index contributed by atoms with van der Waals surface area (Å²) < 4.78 is 21.3. The standard InChI is InChI=1S/C7H13FO3/c1-6(8)7(9)11-5-3-4-10-2/h6H,3-5H2,1-2H3. The van der Waals surface area contributed by atoms with Crippen LogP contribution in [0.5, 0.6) is 0 Å². The number of carbonyl (C=O) groups excluding carboxylic acids is 1. The second kappa shape index (κ2) is 6.09. The van der Waals surface area contributed by atoms with Crippen molar-refractivity contribution in [3.8, 4) is 0 Å². The molecular weight excluding hydrogens is 151 g/mol. The van der Waals surface area contributed by atoms with Crippen molar-refractivity contribution < 1.29 is 18.7 Å². The number of hydrogen-bond donors (Lipinski definition) is 0. The number of carbonyl (C=O) groups is 1. The smallest absolute Gasteiger partial charge is 0.340 e. The molecule has 1 atom stereocenters. The molecule has 0 rings (SSSR count). The lowest BCUT2D eigenvalue weighted by Gasteiger charge is -2.03. The first-order valence-corrected chi connectivity index (χ1v) is 3.48. The van der Waals surface area contributed by atoms with Gasteiger partial charge in [-0.25, -0.2) is 9.18 Å². The number of alkyl halides is 1. The third-order valence-corrected chi connectivity index (χ3v) is 1.06. The van der Waals surface area contributed by atoms with E-state index in [1.165, 1.54) is 0 Å². The molecule has 0 amide bonds. The van der Waals surface area contributed by atoms with Gasteiger partial charge in [-0.1, -0.05) is 0 Å². The first-order valence-electron chi connectivity index (χ1n) is 3.48. The van der Waals surface area contributed by atoms with Crippen molar-refractivity contribution in [3.63, 3.8) is 0 Å². The second-order valence-corrected chi connectivity index (χ2v) is 2.13. The molecular formula is C7H13FO3. The summed E-state index contributed by atoms with van der Waals surface area (Å²) in [7, 11) is 1.56. The highest BCUT2D eigenvalue weighted by molar-refractivity contribution is 5.73. The first-order chi connectivity index (χ1) is 5.18. The average Bonchev–Trinajstić information content (AvgIpc) is 1.97. The molecule has 0 saturated heterocycles. The fourth-order valence-electron chi connectivity index (χ4n) is 0.491. The molecule has 0 aromatic heterocycles. The van der Waals surface area contributed by atoms with Crippen LogP contribution in [0.3, 0.4) is 0 Å². The fraction of sp³-hybridized carbons (Fsp3) is 0.857. The van der Waals surface area contributed by atoms with E-state index in [1.807, 2.05) is 0 Å². The molecule has 0 radical (unpaired) electrons. The van der Waals surface area contributed by atoms with Gasteiger partial charge in [0.05, 0.1) is 6.61 Å². The number of ether oxygens (including phenoxy) is 2. The zero-order valence-corrected chi connectivity index (χ0v) is 6.80. The highest BCUT2D eigenvalue weighted by atomic mass is 19.1. The molecule has 4 heteroatoms. The molecule has 0 heterocycles. The van der Waals surface area contributed by atoms with Crippen LogP contribution in [0.2, 0.25) is 0 Å². The maximum Gasteiger partial charge on any atom is 0.340 e. The van der Waals surface area contributed by atoms with E-state index in [1.54, 1.807) is 7.11 Å². The van der Waals surface area contributed by atoms with E-state index >= 15 is 0 Å². The predicted octanol–water partition coefficient (Wildman–Crippen LogP) is 0.924. The average molecular weight is 164 g/mol. The summed E-state index contributed by atoms with van der Waals surface area (Å²) in [4.78, 5) is 10.5. The molecule has 0 spiro atoms. The van der Waals surface area contributed by atoms with E-state index in [0.717, 1.165) is 6.92 Å². The Hall–Kier alpha value is -0.640. The summed E-state index contributed by atoms with van der Waals surface area (Å²) in [6.45, 7) is 1.90. The Balaban J connectivity index is 3.18. The van der Waals surface area contributed by atoms with Crippen LogP contribution in [0.25, 0.3) is 0 Å². The van der Waals surface area contributed by atoms with Crippen molar-refractivity contribution in [1.82, 2.24) is 0 Å². The monoisotopic (exact) mass is 164 g/mol. The van der Waals surface area contributed by atoms with Crippen LogP contribution in [-0.4, -0.2) is 32.5 Å². The molecule has 1 unspecified atom stereocenters. The molecule has 66 valence electrons. The molecule has 11 heavy (non-hydrogen) atoms. The number of halogens is 1. The van der Waals surface area contributed by atoms with Gasteiger partial charge < -0.3 is 9.47 Å². The Morgan fingerprint density at radius 2 is 2.18 bits per heavy atom. The fourth-order valence-corrected chi connectivity index (χ4v) is 0.491. The molecule has 0 aliphatic rings. The SMILES string of the molecule is COCCCOC(=O)C(C)F. The van der Waals surface area contributed by atoms with Crippen molar-refractivity contribution in [2.75, 3.05) is 20.3 Å². The van der Waals surface area contributed by atoms with Gasteiger partial charge in [0.1, 0.15) is 0 Å². The van der Waals surface area contributed by atoms with Gasteiger partial charge in [-0.05, 0) is 6.92 Å². The van der Waals surface area contributed by atoms with Gasteiger partial charge >= 0.3 is 5.97 Å². The quantitative estimate of drug-likeness (QED) is 0.448. The van der Waals surface area contributed by atoms with Gasteiger partial charge in [0.2, 0.25) is 0 Å². The minimum absolute atomic E-state index is 0.223. The Bertz CT molecular complexity index is 114. The summed E-state index contributed by atoms with van der Waals surface area (Å²) in [5.41, 5.74) is 0. The number of rotatable bonds is 5. The summed E-state index contributed by atoms with van der Waals surface area (Å²) in [6, 6.07) is 0. The molecule has 0 N–H and O–H groups in total. The number of esters is 1. The lowest BCUT2D eigenvalue weighted by atomic mass is 10.4. The van der Waals surface area contributed by atoms with Crippen molar-refractivity contribution in [1.29, 1.82) is 0 Å². The van der Waals surface area contributed by atoms with Crippen LogP contribution in [0.4, 0.5) is 4.39 Å². The predicted molar refractivity (Wildman–Crippen MR) is 38.0 cm³/mol. The maximum atomic E-state index is 12.1. The summed E-state index contributed by atoms with van der Waals surface area (Å²) >= 11 is 0. The van der Waals surface area contributed by atoms with E-state index < -0.39 is 12.1 Å². The van der Waals surface area contributed by atoms with E-state index in [0.29, 0.717) is 13.0 Å². The van der Waals surface area contributed by atoms with Crippen LogP contribution < -0.4 is 0 Å². The number of methoxy groups -OCH3 is 1. The molecule has 0 aromatic rings. The summed E-state index contributed by atoms with van der Waals surface area (Å²) in [5, 5.41) is 0. The van der Waals surface area contributed by atoms with Crippen LogP contribution >= 0.6 is 0 Å². The minimum Gasteiger partial charge on any atom is -0.463 e. The van der Waals surface area contributed by atoms with Gasteiger partial charge in [-0.3, -0.25) is 0 Å². The van der Waals surface area contributed by atoms with Gasteiger partial charge in [0.15, 0.2) is 6.17 Å². The van der Waals surface area contributed by atoms with Crippen molar-refractivity contribution in [2.24, 2.45) is 0 Å². The Kier molecular flexibility index (Phi) is 5.74.